The Kier molecular flexibility index (Phi) is 7.22. The van der Waals surface area contributed by atoms with Gasteiger partial charge in [0.2, 0.25) is 11.2 Å². The highest BCUT2D eigenvalue weighted by atomic mass is 19.1. The fraction of sp³-hybridized carbons (Fsp3) is 0.125. The largest absolute Gasteiger partial charge is 0.483 e. The molecule has 5 aromatic rings. The van der Waals surface area contributed by atoms with Crippen molar-refractivity contribution < 1.29 is 24.0 Å². The van der Waals surface area contributed by atoms with Gasteiger partial charge >= 0.3 is 5.97 Å². The average molecular weight is 493 g/mol. The molecule has 0 fully saturated rings. The number of carboxylic acids is 1. The van der Waals surface area contributed by atoms with Gasteiger partial charge in [-0.2, -0.15) is 0 Å². The van der Waals surface area contributed by atoms with Gasteiger partial charge < -0.3 is 9.84 Å². The first kappa shape index (κ1) is 24.2. The van der Waals surface area contributed by atoms with Crippen molar-refractivity contribution in [2.75, 3.05) is 0 Å². The molecule has 4 nitrogen and oxygen atoms in total. The van der Waals surface area contributed by atoms with E-state index in [9.17, 15) is 14.3 Å². The van der Waals surface area contributed by atoms with E-state index in [1.165, 1.54) is 6.07 Å². The summed E-state index contributed by atoms with van der Waals surface area (Å²) in [5.41, 5.74) is 5.36. The number of benzene rings is 4. The van der Waals surface area contributed by atoms with Gasteiger partial charge in [0.25, 0.3) is 0 Å². The smallest absolute Gasteiger partial charge is 0.335 e. The van der Waals surface area contributed by atoms with Gasteiger partial charge in [-0.1, -0.05) is 48.5 Å². The van der Waals surface area contributed by atoms with E-state index in [0.29, 0.717) is 19.4 Å². The summed E-state index contributed by atoms with van der Waals surface area (Å²) >= 11 is 0. The Morgan fingerprint density at radius 1 is 0.811 bits per heavy atom. The zero-order chi connectivity index (χ0) is 25.6. The van der Waals surface area contributed by atoms with Crippen molar-refractivity contribution in [3.63, 3.8) is 0 Å². The lowest BCUT2D eigenvalue weighted by Gasteiger charge is -2.19. The predicted molar refractivity (Wildman–Crippen MR) is 141 cm³/mol. The average Bonchev–Trinajstić information content (AvgIpc) is 2.92. The minimum atomic E-state index is -0.945. The molecule has 0 aliphatic carbocycles. The van der Waals surface area contributed by atoms with E-state index in [2.05, 4.69) is 29.2 Å². The van der Waals surface area contributed by atoms with Gasteiger partial charge in [-0.05, 0) is 84.0 Å². The number of rotatable bonds is 9. The molecule has 0 spiro atoms. The van der Waals surface area contributed by atoms with Gasteiger partial charge in [0.15, 0.2) is 6.61 Å². The maximum Gasteiger partial charge on any atom is 0.335 e. The molecule has 5 rings (SSSR count). The zero-order valence-corrected chi connectivity index (χ0v) is 20.2. The Balaban J connectivity index is 1.32. The van der Waals surface area contributed by atoms with Crippen molar-refractivity contribution in [2.24, 2.45) is 0 Å². The van der Waals surface area contributed by atoms with Crippen LogP contribution in [-0.4, -0.2) is 11.1 Å². The maximum atomic E-state index is 13.9. The molecule has 1 aromatic heterocycles. The lowest BCUT2D eigenvalue weighted by atomic mass is 9.86. The number of nitrogens with one attached hydrogen (secondary N) is 1. The number of carboxylic acid groups (broad SMARTS) is 1. The Morgan fingerprint density at radius 3 is 2.32 bits per heavy atom. The Labute approximate surface area is 215 Å². The summed E-state index contributed by atoms with van der Waals surface area (Å²) in [7, 11) is 0. The third kappa shape index (κ3) is 6.19. The third-order valence-electron chi connectivity index (χ3n) is 6.52. The summed E-state index contributed by atoms with van der Waals surface area (Å²) in [5.74, 6) is -0.350. The number of ether oxygens (including phenoxy) is 1. The molecule has 1 unspecified atom stereocenters. The van der Waals surface area contributed by atoms with Gasteiger partial charge in [0.1, 0.15) is 11.6 Å². The van der Waals surface area contributed by atoms with Crippen LogP contribution in [0.15, 0.2) is 109 Å². The van der Waals surface area contributed by atoms with Gasteiger partial charge in [-0.15, -0.1) is 0 Å². The molecule has 0 saturated carbocycles. The minimum absolute atomic E-state index is 0.0837. The van der Waals surface area contributed by atoms with Crippen molar-refractivity contribution in [3.8, 4) is 5.75 Å². The normalized spacial score (nSPS) is 11.8. The molecule has 0 saturated heterocycles. The number of aromatic amines is 1. The van der Waals surface area contributed by atoms with Gasteiger partial charge in [-0.3, -0.25) is 0 Å². The summed E-state index contributed by atoms with van der Waals surface area (Å²) < 4.78 is 19.9. The Bertz CT molecular complexity index is 1510. The molecule has 0 aliphatic rings. The number of halogens is 1. The van der Waals surface area contributed by atoms with Gasteiger partial charge in [0.05, 0.1) is 5.56 Å². The molecule has 2 N–H and O–H groups in total. The summed E-state index contributed by atoms with van der Waals surface area (Å²) in [4.78, 5) is 14.6. The maximum absolute atomic E-state index is 13.9. The van der Waals surface area contributed by atoms with Crippen LogP contribution < -0.4 is 9.72 Å². The second-order valence-corrected chi connectivity index (χ2v) is 9.17. The van der Waals surface area contributed by atoms with Crippen LogP contribution in [0.2, 0.25) is 0 Å². The first-order valence-corrected chi connectivity index (χ1v) is 12.2. The number of hydrogen-bond acceptors (Lipinski definition) is 2. The second-order valence-electron chi connectivity index (χ2n) is 9.17. The predicted octanol–water partition coefficient (Wildman–Crippen LogP) is 6.64. The van der Waals surface area contributed by atoms with Crippen LogP contribution in [0.4, 0.5) is 4.39 Å². The topological polar surface area (TPSA) is 60.7 Å². The third-order valence-corrected chi connectivity index (χ3v) is 6.52. The zero-order valence-electron chi connectivity index (χ0n) is 20.2. The SMILES string of the molecule is O=C(O)c1ccc(CC(Cc2cccc(F)c2)c2ccc(OCc3ccc4ccccc4[nH+]3)cc2)cc1. The van der Waals surface area contributed by atoms with Crippen LogP contribution >= 0.6 is 0 Å². The van der Waals surface area contributed by atoms with E-state index in [4.69, 9.17) is 4.74 Å². The van der Waals surface area contributed by atoms with Gasteiger partial charge in [-0.25, -0.2) is 14.2 Å². The first-order valence-electron chi connectivity index (χ1n) is 12.2. The number of carbonyl (C=O) groups is 1. The van der Waals surface area contributed by atoms with Crippen molar-refractivity contribution >= 4 is 16.9 Å². The highest BCUT2D eigenvalue weighted by molar-refractivity contribution is 5.87. The van der Waals surface area contributed by atoms with Crippen LogP contribution in [0, 0.1) is 5.82 Å². The van der Waals surface area contributed by atoms with Crippen LogP contribution in [-0.2, 0) is 19.4 Å². The molecule has 4 aromatic carbocycles. The van der Waals surface area contributed by atoms with Crippen LogP contribution in [0.5, 0.6) is 5.75 Å². The Hall–Kier alpha value is -4.51. The molecule has 1 heterocycles. The molecular formula is C32H27FNO3+. The second kappa shape index (κ2) is 11.0. The Morgan fingerprint density at radius 2 is 1.57 bits per heavy atom. The highest BCUT2D eigenvalue weighted by Crippen LogP contribution is 2.28. The summed E-state index contributed by atoms with van der Waals surface area (Å²) in [5, 5.41) is 10.3. The van der Waals surface area contributed by atoms with Crippen LogP contribution in [0.3, 0.4) is 0 Å². The van der Waals surface area contributed by atoms with E-state index in [1.54, 1.807) is 24.3 Å². The molecule has 0 aliphatic heterocycles. The van der Waals surface area contributed by atoms with Crippen LogP contribution in [0.25, 0.3) is 10.9 Å². The standard InChI is InChI=1S/C32H26FNO3/c33-28-6-3-4-23(20-28)19-27(18-22-8-10-26(11-9-22)32(35)36)24-13-16-30(17-14-24)37-21-29-15-12-25-5-1-2-7-31(25)34-29/h1-17,20,27H,18-19,21H2,(H,35,36)/p+1. The summed E-state index contributed by atoms with van der Waals surface area (Å²) in [6.45, 7) is 0.423. The number of H-pyrrole nitrogens is 1. The molecule has 5 heteroatoms. The quantitative estimate of drug-likeness (QED) is 0.251. The molecule has 0 bridgehead atoms. The van der Waals surface area contributed by atoms with Crippen molar-refractivity contribution in [1.82, 2.24) is 0 Å². The number of pyridine rings is 1. The summed E-state index contributed by atoms with van der Waals surface area (Å²) in [6, 6.07) is 33.9. The monoisotopic (exact) mass is 492 g/mol. The number of hydrogen-bond donors (Lipinski definition) is 1. The van der Waals surface area contributed by atoms with Crippen molar-refractivity contribution in [2.45, 2.75) is 25.4 Å². The van der Waals surface area contributed by atoms with E-state index < -0.39 is 5.97 Å². The van der Waals surface area contributed by atoms with E-state index in [0.717, 1.165) is 39.0 Å². The molecule has 0 radical (unpaired) electrons. The molecular weight excluding hydrogens is 465 g/mol. The lowest BCUT2D eigenvalue weighted by molar-refractivity contribution is -0.362. The van der Waals surface area contributed by atoms with E-state index in [1.807, 2.05) is 54.6 Å². The number of aromatic carboxylic acids is 1. The molecule has 0 amide bonds. The number of para-hydroxylation sites is 1. The number of fused-ring (bicyclic) bond motifs is 1. The first-order chi connectivity index (χ1) is 18.0. The minimum Gasteiger partial charge on any atom is -0.483 e. The summed E-state index contributed by atoms with van der Waals surface area (Å²) in [6.07, 6.45) is 1.35. The molecule has 37 heavy (non-hydrogen) atoms. The fourth-order valence-corrected chi connectivity index (χ4v) is 4.57. The van der Waals surface area contributed by atoms with Gasteiger partial charge in [0, 0.05) is 17.5 Å². The van der Waals surface area contributed by atoms with Crippen LogP contribution in [0.1, 0.15) is 38.7 Å². The fourth-order valence-electron chi connectivity index (χ4n) is 4.57. The van der Waals surface area contributed by atoms with E-state index in [-0.39, 0.29) is 17.3 Å². The van der Waals surface area contributed by atoms with E-state index >= 15 is 0 Å². The van der Waals surface area contributed by atoms with Crippen molar-refractivity contribution in [3.05, 3.63) is 143 Å². The highest BCUT2D eigenvalue weighted by Gasteiger charge is 2.15. The lowest BCUT2D eigenvalue weighted by Crippen LogP contribution is -2.14. The molecule has 1 atom stereocenters. The van der Waals surface area contributed by atoms with Crippen molar-refractivity contribution in [1.29, 1.82) is 0 Å². The number of aromatic nitrogens is 1. The molecule has 184 valence electrons.